The number of likely N-dealkylation sites (tertiary alicyclic amines) is 1. The minimum Gasteiger partial charge on any atom is -0.495 e. The lowest BCUT2D eigenvalue weighted by molar-refractivity contribution is -0.127. The molecule has 5 nitrogen and oxygen atoms in total. The zero-order valence-corrected chi connectivity index (χ0v) is 10.4. The van der Waals surface area contributed by atoms with Crippen molar-refractivity contribution in [2.75, 3.05) is 31.8 Å². The van der Waals surface area contributed by atoms with Gasteiger partial charge in [0.25, 0.3) is 0 Å². The first-order valence-electron chi connectivity index (χ1n) is 5.67. The van der Waals surface area contributed by atoms with Crippen molar-refractivity contribution in [1.82, 2.24) is 4.90 Å². The Hall–Kier alpha value is -1.98. The van der Waals surface area contributed by atoms with Crippen LogP contribution in [0.4, 0.5) is 15.8 Å². The van der Waals surface area contributed by atoms with E-state index in [4.69, 9.17) is 10.5 Å². The summed E-state index contributed by atoms with van der Waals surface area (Å²) in [7, 11) is 3.19. The van der Waals surface area contributed by atoms with Gasteiger partial charge in [0.15, 0.2) is 0 Å². The van der Waals surface area contributed by atoms with E-state index in [1.165, 1.54) is 19.2 Å². The highest BCUT2D eigenvalue weighted by Crippen LogP contribution is 2.29. The van der Waals surface area contributed by atoms with Crippen LogP contribution < -0.4 is 15.8 Å². The monoisotopic (exact) mass is 253 g/mol. The lowest BCUT2D eigenvalue weighted by Crippen LogP contribution is -2.31. The predicted octanol–water partition coefficient (Wildman–Crippen LogP) is 1.06. The van der Waals surface area contributed by atoms with Crippen molar-refractivity contribution in [3.05, 3.63) is 17.9 Å². The minimum atomic E-state index is -0.490. The molecule has 1 fully saturated rings. The Morgan fingerprint density at radius 1 is 1.56 bits per heavy atom. The van der Waals surface area contributed by atoms with Gasteiger partial charge in [0.05, 0.1) is 18.5 Å². The smallest absolute Gasteiger partial charge is 0.244 e. The number of anilines is 2. The van der Waals surface area contributed by atoms with Crippen molar-refractivity contribution in [2.24, 2.45) is 0 Å². The standard InChI is InChI=1S/C12H16FN3O2/c1-16-4-3-9(12(16)17)15-10-6-11(18-2)8(14)5-7(10)13/h5-6,9,15H,3-4,14H2,1-2H3. The van der Waals surface area contributed by atoms with Crippen molar-refractivity contribution >= 4 is 17.3 Å². The Morgan fingerprint density at radius 2 is 2.28 bits per heavy atom. The molecule has 0 spiro atoms. The lowest BCUT2D eigenvalue weighted by Gasteiger charge is -2.15. The first-order valence-corrected chi connectivity index (χ1v) is 5.67. The van der Waals surface area contributed by atoms with E-state index in [1.807, 2.05) is 0 Å². The third-order valence-electron chi connectivity index (χ3n) is 3.08. The fourth-order valence-electron chi connectivity index (χ4n) is 2.00. The molecule has 1 aromatic rings. The number of carbonyl (C=O) groups excluding carboxylic acids is 1. The number of nitrogen functional groups attached to an aromatic ring is 1. The van der Waals surface area contributed by atoms with E-state index in [1.54, 1.807) is 11.9 Å². The van der Waals surface area contributed by atoms with Gasteiger partial charge in [-0.15, -0.1) is 0 Å². The molecular weight excluding hydrogens is 237 g/mol. The first-order chi connectivity index (χ1) is 8.52. The number of halogens is 1. The van der Waals surface area contributed by atoms with Crippen molar-refractivity contribution in [2.45, 2.75) is 12.5 Å². The topological polar surface area (TPSA) is 67.6 Å². The summed E-state index contributed by atoms with van der Waals surface area (Å²) in [4.78, 5) is 13.3. The molecule has 2 rings (SSSR count). The van der Waals surface area contributed by atoms with Crippen LogP contribution in [0.3, 0.4) is 0 Å². The highest BCUT2D eigenvalue weighted by Gasteiger charge is 2.29. The molecule has 0 saturated carbocycles. The van der Waals surface area contributed by atoms with Gasteiger partial charge in [-0.1, -0.05) is 0 Å². The molecule has 1 aliphatic heterocycles. The van der Waals surface area contributed by atoms with E-state index in [-0.39, 0.29) is 17.3 Å². The van der Waals surface area contributed by atoms with Gasteiger partial charge in [-0.3, -0.25) is 4.79 Å². The maximum absolute atomic E-state index is 13.7. The molecule has 1 heterocycles. The number of likely N-dealkylation sites (N-methyl/N-ethyl adjacent to an activating group) is 1. The number of nitrogens with zero attached hydrogens (tertiary/aromatic N) is 1. The van der Waals surface area contributed by atoms with Crippen molar-refractivity contribution in [3.8, 4) is 5.75 Å². The first kappa shape index (κ1) is 12.5. The number of carbonyl (C=O) groups is 1. The van der Waals surface area contributed by atoms with E-state index in [0.717, 1.165) is 0 Å². The molecule has 1 atom stereocenters. The molecule has 1 aromatic carbocycles. The van der Waals surface area contributed by atoms with E-state index in [0.29, 0.717) is 18.7 Å². The average Bonchev–Trinajstić information content (AvgIpc) is 2.64. The summed E-state index contributed by atoms with van der Waals surface area (Å²) in [6.45, 7) is 0.671. The van der Waals surface area contributed by atoms with E-state index in [9.17, 15) is 9.18 Å². The van der Waals surface area contributed by atoms with E-state index >= 15 is 0 Å². The van der Waals surface area contributed by atoms with Gasteiger partial charge in [-0.25, -0.2) is 4.39 Å². The Balaban J connectivity index is 2.21. The Kier molecular flexibility index (Phi) is 3.27. The fourth-order valence-corrected chi connectivity index (χ4v) is 2.00. The van der Waals surface area contributed by atoms with Gasteiger partial charge in [0.2, 0.25) is 5.91 Å². The number of hydrogen-bond acceptors (Lipinski definition) is 4. The fraction of sp³-hybridized carbons (Fsp3) is 0.417. The normalized spacial score (nSPS) is 19.2. The molecule has 0 aromatic heterocycles. The Labute approximate surface area is 105 Å². The number of benzene rings is 1. The SMILES string of the molecule is COc1cc(NC2CCN(C)C2=O)c(F)cc1N. The number of methoxy groups -OCH3 is 1. The molecule has 0 aliphatic carbocycles. The molecule has 18 heavy (non-hydrogen) atoms. The average molecular weight is 253 g/mol. The van der Waals surface area contributed by atoms with Crippen LogP contribution in [0.15, 0.2) is 12.1 Å². The molecule has 6 heteroatoms. The zero-order chi connectivity index (χ0) is 13.3. The summed E-state index contributed by atoms with van der Waals surface area (Å²) in [5.41, 5.74) is 6.05. The van der Waals surface area contributed by atoms with Crippen LogP contribution in [-0.2, 0) is 4.79 Å². The highest BCUT2D eigenvalue weighted by atomic mass is 19.1. The maximum atomic E-state index is 13.7. The molecule has 1 saturated heterocycles. The number of hydrogen-bond donors (Lipinski definition) is 2. The van der Waals surface area contributed by atoms with Crippen molar-refractivity contribution < 1.29 is 13.9 Å². The third-order valence-corrected chi connectivity index (χ3v) is 3.08. The second-order valence-corrected chi connectivity index (χ2v) is 4.32. The van der Waals surface area contributed by atoms with E-state index in [2.05, 4.69) is 5.32 Å². The summed E-state index contributed by atoms with van der Waals surface area (Å²) in [5, 5.41) is 2.89. The van der Waals surface area contributed by atoms with Gasteiger partial charge in [-0.05, 0) is 6.42 Å². The van der Waals surface area contributed by atoms with Crippen LogP contribution in [-0.4, -0.2) is 37.6 Å². The summed E-state index contributed by atoms with van der Waals surface area (Å²) in [5.74, 6) is -0.140. The number of amides is 1. The second-order valence-electron chi connectivity index (χ2n) is 4.32. The molecule has 1 amide bonds. The van der Waals surface area contributed by atoms with Crippen LogP contribution in [0.5, 0.6) is 5.75 Å². The summed E-state index contributed by atoms with van der Waals surface area (Å²) in [6.07, 6.45) is 0.654. The minimum absolute atomic E-state index is 0.0369. The largest absolute Gasteiger partial charge is 0.495 e. The molecule has 1 aliphatic rings. The van der Waals surface area contributed by atoms with Crippen LogP contribution >= 0.6 is 0 Å². The van der Waals surface area contributed by atoms with Crippen LogP contribution in [0.1, 0.15) is 6.42 Å². The Bertz CT molecular complexity index is 479. The van der Waals surface area contributed by atoms with Gasteiger partial charge in [0.1, 0.15) is 17.6 Å². The molecule has 0 bridgehead atoms. The third kappa shape index (κ3) is 2.18. The number of nitrogens with one attached hydrogen (secondary N) is 1. The van der Waals surface area contributed by atoms with Crippen LogP contribution in [0.2, 0.25) is 0 Å². The highest BCUT2D eigenvalue weighted by molar-refractivity contribution is 5.86. The molecule has 98 valence electrons. The quantitative estimate of drug-likeness (QED) is 0.790. The van der Waals surface area contributed by atoms with Crippen LogP contribution in [0.25, 0.3) is 0 Å². The summed E-state index contributed by atoms with van der Waals surface area (Å²) >= 11 is 0. The summed E-state index contributed by atoms with van der Waals surface area (Å²) < 4.78 is 18.7. The van der Waals surface area contributed by atoms with Crippen LogP contribution in [0, 0.1) is 5.82 Å². The lowest BCUT2D eigenvalue weighted by atomic mass is 10.2. The Morgan fingerprint density at radius 3 is 2.83 bits per heavy atom. The van der Waals surface area contributed by atoms with Gasteiger partial charge in [0, 0.05) is 25.7 Å². The number of nitrogens with two attached hydrogens (primary N) is 1. The van der Waals surface area contributed by atoms with Crippen molar-refractivity contribution in [1.29, 1.82) is 0 Å². The molecular formula is C12H16FN3O2. The number of rotatable bonds is 3. The summed E-state index contributed by atoms with van der Waals surface area (Å²) in [6, 6.07) is 2.26. The van der Waals surface area contributed by atoms with Crippen molar-refractivity contribution in [3.63, 3.8) is 0 Å². The van der Waals surface area contributed by atoms with E-state index < -0.39 is 11.9 Å². The van der Waals surface area contributed by atoms with Gasteiger partial charge >= 0.3 is 0 Å². The molecule has 3 N–H and O–H groups in total. The second kappa shape index (κ2) is 4.72. The maximum Gasteiger partial charge on any atom is 0.244 e. The van der Waals surface area contributed by atoms with Gasteiger partial charge < -0.3 is 20.7 Å². The molecule has 0 radical (unpaired) electrons. The number of ether oxygens (including phenoxy) is 1. The predicted molar refractivity (Wildman–Crippen MR) is 67.0 cm³/mol. The zero-order valence-electron chi connectivity index (χ0n) is 10.4. The molecule has 1 unspecified atom stereocenters. The van der Waals surface area contributed by atoms with Gasteiger partial charge in [-0.2, -0.15) is 0 Å².